The molecule has 0 amide bonds. The molecule has 0 N–H and O–H groups in total. The second kappa shape index (κ2) is 13.4. The van der Waals surface area contributed by atoms with Gasteiger partial charge in [-0.2, -0.15) is 0 Å². The minimum absolute atomic E-state index is 0.123. The molecule has 204 valence electrons. The highest BCUT2D eigenvalue weighted by molar-refractivity contribution is 5.98. The quantitative estimate of drug-likeness (QED) is 0.138. The van der Waals surface area contributed by atoms with E-state index in [9.17, 15) is 4.79 Å². The molecule has 3 heteroatoms. The summed E-state index contributed by atoms with van der Waals surface area (Å²) in [6.45, 7) is 16.4. The molecule has 0 aliphatic heterocycles. The van der Waals surface area contributed by atoms with Crippen LogP contribution in [-0.2, 0) is 33.1 Å². The maximum Gasteiger partial charge on any atom is 0.222 e. The molecule has 0 radical (unpaired) electrons. The molecule has 0 fully saturated rings. The summed E-state index contributed by atoms with van der Waals surface area (Å²) in [5.74, 6) is 0.133. The molecule has 2 atom stereocenters. The summed E-state index contributed by atoms with van der Waals surface area (Å²) >= 11 is 0. The normalized spacial score (nSPS) is 13.8. The van der Waals surface area contributed by atoms with Gasteiger partial charge in [-0.3, -0.25) is 4.79 Å². The highest BCUT2D eigenvalue weighted by Gasteiger charge is 2.23. The van der Waals surface area contributed by atoms with E-state index < -0.39 is 6.29 Å². The fraction of sp³-hybridized carbons (Fsp3) is 0.457. The molecule has 0 aromatic heterocycles. The van der Waals surface area contributed by atoms with E-state index in [0.717, 1.165) is 19.3 Å². The van der Waals surface area contributed by atoms with Gasteiger partial charge in [0, 0.05) is 5.56 Å². The van der Waals surface area contributed by atoms with Crippen LogP contribution in [0.3, 0.4) is 0 Å². The van der Waals surface area contributed by atoms with Crippen molar-refractivity contribution in [3.8, 4) is 0 Å². The fourth-order valence-corrected chi connectivity index (χ4v) is 4.43. The van der Waals surface area contributed by atoms with E-state index in [1.54, 1.807) is 0 Å². The summed E-state index contributed by atoms with van der Waals surface area (Å²) in [5, 5.41) is 0. The summed E-state index contributed by atoms with van der Waals surface area (Å²) in [5.41, 5.74) is 6.12. The molecule has 3 nitrogen and oxygen atoms in total. The van der Waals surface area contributed by atoms with Crippen LogP contribution < -0.4 is 0 Å². The first-order valence-corrected chi connectivity index (χ1v) is 13.9. The number of Topliss-reactive ketones (excluding diaryl/α,β-unsaturated/α-hetero) is 1. The first-order chi connectivity index (χ1) is 17.9. The Kier molecular flexibility index (Phi) is 10.5. The average Bonchev–Trinajstić information content (AvgIpc) is 2.88. The molecule has 0 bridgehead atoms. The van der Waals surface area contributed by atoms with Gasteiger partial charge in [-0.15, -0.1) is 0 Å². The summed E-state index contributed by atoms with van der Waals surface area (Å²) in [4.78, 5) is 13.2. The van der Waals surface area contributed by atoms with Gasteiger partial charge < -0.3 is 9.47 Å². The van der Waals surface area contributed by atoms with Crippen LogP contribution in [0.5, 0.6) is 0 Å². The highest BCUT2D eigenvalue weighted by atomic mass is 16.7. The lowest BCUT2D eigenvalue weighted by Gasteiger charge is -2.21. The fourth-order valence-electron chi connectivity index (χ4n) is 4.43. The molecule has 0 aliphatic rings. The van der Waals surface area contributed by atoms with Crippen LogP contribution in [0.25, 0.3) is 0 Å². The number of hydrogen-bond acceptors (Lipinski definition) is 3. The van der Waals surface area contributed by atoms with E-state index in [1.807, 2.05) is 30.3 Å². The largest absolute Gasteiger partial charge is 0.346 e. The number of hydrogen-bond donors (Lipinski definition) is 0. The summed E-state index contributed by atoms with van der Waals surface area (Å²) in [6, 6.07) is 26.9. The molecule has 3 aromatic rings. The maximum atomic E-state index is 13.2. The highest BCUT2D eigenvalue weighted by Crippen LogP contribution is 2.24. The Morgan fingerprint density at radius 3 is 1.76 bits per heavy atom. The molecule has 0 heterocycles. The molecular weight excluding hydrogens is 468 g/mol. The van der Waals surface area contributed by atoms with Crippen molar-refractivity contribution in [1.82, 2.24) is 0 Å². The number of benzene rings is 3. The number of rotatable bonds is 12. The van der Waals surface area contributed by atoms with E-state index in [1.165, 1.54) is 22.3 Å². The third kappa shape index (κ3) is 9.22. The zero-order chi connectivity index (χ0) is 27.8. The van der Waals surface area contributed by atoms with Gasteiger partial charge in [0.1, 0.15) is 0 Å². The number of aryl methyl sites for hydroxylation is 1. The predicted octanol–water partition coefficient (Wildman–Crippen LogP) is 8.34. The average molecular weight is 515 g/mol. The standard InChI is InChI=1S/C35H46O3/c1-26(24-28-17-21-31(22-18-28)35(5,6)7)25-38-33(32(36)29-13-9-8-10-14-29)37-23-11-12-27-15-19-30(20-16-27)34(2,3)4/h8-10,13-22,26,33H,11-12,23-25H2,1-7H3. The minimum atomic E-state index is -0.897. The second-order valence-electron chi connectivity index (χ2n) is 12.6. The van der Waals surface area contributed by atoms with Gasteiger partial charge in [-0.05, 0) is 58.3 Å². The molecule has 3 rings (SSSR count). The number of carbonyl (C=O) groups excluding carboxylic acids is 1. The van der Waals surface area contributed by atoms with E-state index >= 15 is 0 Å². The van der Waals surface area contributed by atoms with E-state index in [0.29, 0.717) is 18.8 Å². The van der Waals surface area contributed by atoms with Crippen molar-refractivity contribution in [2.24, 2.45) is 5.92 Å². The monoisotopic (exact) mass is 514 g/mol. The van der Waals surface area contributed by atoms with Gasteiger partial charge in [-0.25, -0.2) is 0 Å². The van der Waals surface area contributed by atoms with Crippen LogP contribution in [0.4, 0.5) is 0 Å². The zero-order valence-electron chi connectivity index (χ0n) is 24.4. The van der Waals surface area contributed by atoms with E-state index in [2.05, 4.69) is 97.0 Å². The Hall–Kier alpha value is -2.75. The van der Waals surface area contributed by atoms with Crippen molar-refractivity contribution in [2.45, 2.75) is 84.8 Å². The zero-order valence-corrected chi connectivity index (χ0v) is 24.4. The molecule has 0 aliphatic carbocycles. The van der Waals surface area contributed by atoms with Crippen LogP contribution in [0.2, 0.25) is 0 Å². The summed E-state index contributed by atoms with van der Waals surface area (Å²) in [6.07, 6.45) is 1.72. The Bertz CT molecular complexity index is 1120. The molecule has 0 spiro atoms. The first-order valence-electron chi connectivity index (χ1n) is 13.9. The minimum Gasteiger partial charge on any atom is -0.346 e. The van der Waals surface area contributed by atoms with Gasteiger partial charge in [0.2, 0.25) is 12.1 Å². The van der Waals surface area contributed by atoms with Crippen molar-refractivity contribution in [2.75, 3.05) is 13.2 Å². The van der Waals surface area contributed by atoms with Gasteiger partial charge in [0.25, 0.3) is 0 Å². The Labute approximate surface area is 230 Å². The Morgan fingerprint density at radius 2 is 1.24 bits per heavy atom. The lowest BCUT2D eigenvalue weighted by molar-refractivity contribution is -0.121. The van der Waals surface area contributed by atoms with Gasteiger partial charge in [-0.1, -0.05) is 127 Å². The van der Waals surface area contributed by atoms with Crippen LogP contribution in [0.15, 0.2) is 78.9 Å². The second-order valence-corrected chi connectivity index (χ2v) is 12.6. The van der Waals surface area contributed by atoms with Crippen LogP contribution >= 0.6 is 0 Å². The predicted molar refractivity (Wildman–Crippen MR) is 158 cm³/mol. The van der Waals surface area contributed by atoms with E-state index in [-0.39, 0.29) is 22.5 Å². The van der Waals surface area contributed by atoms with Crippen LogP contribution in [0, 0.1) is 5.92 Å². The maximum absolute atomic E-state index is 13.2. The smallest absolute Gasteiger partial charge is 0.222 e. The number of ether oxygens (including phenoxy) is 2. The van der Waals surface area contributed by atoms with E-state index in [4.69, 9.17) is 9.47 Å². The first kappa shape index (κ1) is 29.8. The third-order valence-electron chi connectivity index (χ3n) is 6.91. The SMILES string of the molecule is CC(COC(OCCCc1ccc(C(C)(C)C)cc1)C(=O)c1ccccc1)Cc1ccc(C(C)(C)C)cc1. The van der Waals surface area contributed by atoms with Crippen LogP contribution in [0.1, 0.15) is 87.5 Å². The number of ketones is 1. The molecular formula is C35H46O3. The molecule has 2 unspecified atom stereocenters. The molecule has 0 saturated carbocycles. The Morgan fingerprint density at radius 1 is 0.711 bits per heavy atom. The van der Waals surface area contributed by atoms with Gasteiger partial charge in [0.05, 0.1) is 13.2 Å². The lowest BCUT2D eigenvalue weighted by atomic mass is 9.86. The Balaban J connectivity index is 1.55. The van der Waals surface area contributed by atoms with Gasteiger partial charge in [0.15, 0.2) is 0 Å². The number of carbonyl (C=O) groups is 1. The van der Waals surface area contributed by atoms with Crippen molar-refractivity contribution in [3.05, 3.63) is 107 Å². The van der Waals surface area contributed by atoms with Gasteiger partial charge >= 0.3 is 0 Å². The van der Waals surface area contributed by atoms with Crippen molar-refractivity contribution in [1.29, 1.82) is 0 Å². The lowest BCUT2D eigenvalue weighted by Crippen LogP contribution is -2.30. The van der Waals surface area contributed by atoms with Crippen LogP contribution in [-0.4, -0.2) is 25.3 Å². The topological polar surface area (TPSA) is 35.5 Å². The van der Waals surface area contributed by atoms with Crippen molar-refractivity contribution < 1.29 is 14.3 Å². The summed E-state index contributed by atoms with van der Waals surface area (Å²) < 4.78 is 12.1. The third-order valence-corrected chi connectivity index (χ3v) is 6.91. The summed E-state index contributed by atoms with van der Waals surface area (Å²) in [7, 11) is 0. The molecule has 38 heavy (non-hydrogen) atoms. The van der Waals surface area contributed by atoms with Crippen molar-refractivity contribution >= 4 is 5.78 Å². The van der Waals surface area contributed by atoms with Crippen molar-refractivity contribution in [3.63, 3.8) is 0 Å². The molecule has 0 saturated heterocycles. The molecule has 3 aromatic carbocycles.